The molecule has 1 amide bonds. The monoisotopic (exact) mass is 535 g/mol. The third-order valence-electron chi connectivity index (χ3n) is 8.90. The maximum Gasteiger partial charge on any atom is 0.268 e. The molecule has 6 rings (SSSR count). The molecule has 4 heterocycles. The normalized spacial score (nSPS) is 18.6. The number of pyridine rings is 1. The summed E-state index contributed by atoms with van der Waals surface area (Å²) in [6.45, 7) is 11.7. The zero-order chi connectivity index (χ0) is 27.5. The summed E-state index contributed by atoms with van der Waals surface area (Å²) in [7, 11) is 0. The Kier molecular flexibility index (Phi) is 8.08. The molecule has 40 heavy (non-hydrogen) atoms. The van der Waals surface area contributed by atoms with Gasteiger partial charge in [-0.2, -0.15) is 0 Å². The van der Waals surface area contributed by atoms with Gasteiger partial charge in [0.05, 0.1) is 5.69 Å². The van der Waals surface area contributed by atoms with Gasteiger partial charge in [-0.05, 0) is 85.1 Å². The zero-order valence-electron chi connectivity index (χ0n) is 24.0. The number of aromatic nitrogens is 1. The Hall–Kier alpha value is -3.35. The number of benzene rings is 2. The van der Waals surface area contributed by atoms with Crippen molar-refractivity contribution in [2.75, 3.05) is 39.3 Å². The van der Waals surface area contributed by atoms with E-state index in [1.54, 1.807) is 0 Å². The van der Waals surface area contributed by atoms with E-state index in [2.05, 4.69) is 76.3 Å². The van der Waals surface area contributed by atoms with Crippen LogP contribution in [0, 0.1) is 6.92 Å². The van der Waals surface area contributed by atoms with Crippen LogP contribution in [0.25, 0.3) is 0 Å². The molecule has 2 saturated heterocycles. The third-order valence-corrected chi connectivity index (χ3v) is 8.90. The predicted molar refractivity (Wildman–Crippen MR) is 161 cm³/mol. The molecule has 0 aliphatic carbocycles. The highest BCUT2D eigenvalue weighted by atomic mass is 16.2. The van der Waals surface area contributed by atoms with E-state index in [1.165, 1.54) is 27.8 Å². The fourth-order valence-electron chi connectivity index (χ4n) is 6.30. The second-order valence-corrected chi connectivity index (χ2v) is 11.7. The van der Waals surface area contributed by atoms with Crippen molar-refractivity contribution in [3.8, 4) is 0 Å². The number of hydrogen-bond donors (Lipinski definition) is 0. The Labute approximate surface area is 238 Å². The molecule has 6 nitrogen and oxygen atoms in total. The van der Waals surface area contributed by atoms with E-state index >= 15 is 0 Å². The number of carbonyl (C=O) groups excluding carboxylic acids is 1. The standard InChI is InChI=1S/C34H41N5O/c1-3-26-6-8-27(9-7-26)23-38-16-18-39(19-17-38)34(40)33-21-31-20-30(10-11-32(31)36-33)29-12-14-37(15-13-29)24-28-5-4-25(2)35-22-28/h4-11,20,22,29H,3,12-19,21,23-24H2,1-2H3. The van der Waals surface area contributed by atoms with Crippen molar-refractivity contribution < 1.29 is 4.79 Å². The highest BCUT2D eigenvalue weighted by Crippen LogP contribution is 2.34. The van der Waals surface area contributed by atoms with Gasteiger partial charge < -0.3 is 4.90 Å². The number of amides is 1. The summed E-state index contributed by atoms with van der Waals surface area (Å²) >= 11 is 0. The summed E-state index contributed by atoms with van der Waals surface area (Å²) in [6, 6.07) is 19.9. The maximum absolute atomic E-state index is 13.4. The van der Waals surface area contributed by atoms with Gasteiger partial charge >= 0.3 is 0 Å². The van der Waals surface area contributed by atoms with E-state index in [0.29, 0.717) is 18.1 Å². The topological polar surface area (TPSA) is 52.0 Å². The first kappa shape index (κ1) is 26.9. The minimum Gasteiger partial charge on any atom is -0.335 e. The van der Waals surface area contributed by atoms with Gasteiger partial charge in [0.25, 0.3) is 5.91 Å². The van der Waals surface area contributed by atoms with Gasteiger partial charge in [0.15, 0.2) is 0 Å². The molecule has 3 aliphatic heterocycles. The fourth-order valence-corrected chi connectivity index (χ4v) is 6.30. The van der Waals surface area contributed by atoms with Crippen molar-refractivity contribution in [3.05, 3.63) is 94.3 Å². The summed E-state index contributed by atoms with van der Waals surface area (Å²) in [4.78, 5) is 29.6. The maximum atomic E-state index is 13.4. The van der Waals surface area contributed by atoms with Crippen molar-refractivity contribution in [2.45, 2.75) is 58.5 Å². The van der Waals surface area contributed by atoms with Crippen LogP contribution in [0.2, 0.25) is 0 Å². The minimum absolute atomic E-state index is 0.114. The molecule has 6 heteroatoms. The number of rotatable bonds is 7. The Bertz CT molecular complexity index is 1350. The average molecular weight is 536 g/mol. The molecule has 0 unspecified atom stereocenters. The predicted octanol–water partition coefficient (Wildman–Crippen LogP) is 5.31. The number of hydrogen-bond acceptors (Lipinski definition) is 5. The second-order valence-electron chi connectivity index (χ2n) is 11.7. The van der Waals surface area contributed by atoms with E-state index < -0.39 is 0 Å². The van der Waals surface area contributed by atoms with Crippen molar-refractivity contribution in [1.82, 2.24) is 19.7 Å². The van der Waals surface area contributed by atoms with Crippen LogP contribution in [-0.2, 0) is 30.7 Å². The van der Waals surface area contributed by atoms with Gasteiger partial charge in [-0.25, -0.2) is 4.99 Å². The minimum atomic E-state index is 0.114. The molecule has 2 fully saturated rings. The summed E-state index contributed by atoms with van der Waals surface area (Å²) in [5, 5.41) is 0. The Morgan fingerprint density at radius 3 is 2.20 bits per heavy atom. The first-order chi connectivity index (χ1) is 19.5. The van der Waals surface area contributed by atoms with Crippen molar-refractivity contribution >= 4 is 17.3 Å². The molecular weight excluding hydrogens is 494 g/mol. The molecule has 0 N–H and O–H groups in total. The van der Waals surface area contributed by atoms with E-state index in [4.69, 9.17) is 4.99 Å². The lowest BCUT2D eigenvalue weighted by atomic mass is 9.88. The smallest absolute Gasteiger partial charge is 0.268 e. The van der Waals surface area contributed by atoms with Crippen LogP contribution in [0.1, 0.15) is 59.2 Å². The molecule has 208 valence electrons. The highest BCUT2D eigenvalue weighted by Gasteiger charge is 2.29. The Balaban J connectivity index is 0.986. The first-order valence-electron chi connectivity index (χ1n) is 15.0. The van der Waals surface area contributed by atoms with Crippen molar-refractivity contribution in [1.29, 1.82) is 0 Å². The number of piperazine rings is 1. The van der Waals surface area contributed by atoms with Crippen LogP contribution in [-0.4, -0.2) is 70.6 Å². The summed E-state index contributed by atoms with van der Waals surface area (Å²) in [5.74, 6) is 0.687. The molecule has 0 spiro atoms. The van der Waals surface area contributed by atoms with Gasteiger partial charge in [-0.1, -0.05) is 49.4 Å². The first-order valence-corrected chi connectivity index (χ1v) is 15.0. The van der Waals surface area contributed by atoms with Crippen molar-refractivity contribution in [3.63, 3.8) is 0 Å². The lowest BCUT2D eigenvalue weighted by Crippen LogP contribution is -2.50. The van der Waals surface area contributed by atoms with Crippen LogP contribution in [0.15, 0.2) is 65.8 Å². The van der Waals surface area contributed by atoms with Crippen LogP contribution in [0.4, 0.5) is 5.69 Å². The average Bonchev–Trinajstić information content (AvgIpc) is 3.43. The number of nitrogens with zero attached hydrogens (tertiary/aromatic N) is 5. The lowest BCUT2D eigenvalue weighted by molar-refractivity contribution is -0.125. The molecule has 0 atom stereocenters. The van der Waals surface area contributed by atoms with Crippen LogP contribution in [0.5, 0.6) is 0 Å². The van der Waals surface area contributed by atoms with E-state index in [-0.39, 0.29) is 5.91 Å². The van der Waals surface area contributed by atoms with E-state index in [9.17, 15) is 4.79 Å². The van der Waals surface area contributed by atoms with E-state index in [0.717, 1.165) is 83.0 Å². The third kappa shape index (κ3) is 6.18. The molecule has 1 aromatic heterocycles. The summed E-state index contributed by atoms with van der Waals surface area (Å²) < 4.78 is 0. The van der Waals surface area contributed by atoms with Crippen LogP contribution in [0.3, 0.4) is 0 Å². The number of aliphatic imine (C=N–C) groups is 1. The molecule has 3 aliphatic rings. The molecule has 0 saturated carbocycles. The molecule has 2 aromatic carbocycles. The van der Waals surface area contributed by atoms with Gasteiger partial charge in [0.2, 0.25) is 0 Å². The molecular formula is C34H41N5O. The second kappa shape index (κ2) is 12.0. The Morgan fingerprint density at radius 1 is 0.825 bits per heavy atom. The van der Waals surface area contributed by atoms with Gasteiger partial charge in [0, 0.05) is 57.6 Å². The van der Waals surface area contributed by atoms with Gasteiger partial charge in [-0.15, -0.1) is 0 Å². The number of fused-ring (bicyclic) bond motifs is 1. The van der Waals surface area contributed by atoms with Crippen LogP contribution >= 0.6 is 0 Å². The molecule has 3 aromatic rings. The Morgan fingerprint density at radius 2 is 1.50 bits per heavy atom. The molecule has 0 radical (unpaired) electrons. The lowest BCUT2D eigenvalue weighted by Gasteiger charge is -2.34. The zero-order valence-corrected chi connectivity index (χ0v) is 24.0. The largest absolute Gasteiger partial charge is 0.335 e. The summed E-state index contributed by atoms with van der Waals surface area (Å²) in [6.07, 6.45) is 6.07. The van der Waals surface area contributed by atoms with Crippen LogP contribution < -0.4 is 0 Å². The van der Waals surface area contributed by atoms with Gasteiger partial charge in [0.1, 0.15) is 5.71 Å². The highest BCUT2D eigenvalue weighted by molar-refractivity contribution is 6.40. The SMILES string of the molecule is CCc1ccc(CN2CCN(C(=O)C3=Nc4ccc(C5CCN(Cc6ccc(C)nc6)CC5)cc4C3)CC2)cc1. The number of likely N-dealkylation sites (tertiary alicyclic amines) is 1. The summed E-state index contributed by atoms with van der Waals surface area (Å²) in [5.41, 5.74) is 9.38. The number of carbonyl (C=O) groups is 1. The fraction of sp³-hybridized carbons (Fsp3) is 0.441. The van der Waals surface area contributed by atoms with Gasteiger partial charge in [-0.3, -0.25) is 19.6 Å². The van der Waals surface area contributed by atoms with Crippen molar-refractivity contribution in [2.24, 2.45) is 4.99 Å². The van der Waals surface area contributed by atoms with E-state index in [1.807, 2.05) is 18.0 Å². The number of piperidine rings is 1. The molecule has 0 bridgehead atoms. The number of aryl methyl sites for hydroxylation is 2. The quantitative estimate of drug-likeness (QED) is 0.412.